The average molecular weight is 342 g/mol. The number of nitrogens with zero attached hydrogens (tertiary/aromatic N) is 1. The van der Waals surface area contributed by atoms with Crippen molar-refractivity contribution in [3.05, 3.63) is 21.9 Å². The van der Waals surface area contributed by atoms with E-state index in [-0.39, 0.29) is 16.7 Å². The lowest BCUT2D eigenvalue weighted by molar-refractivity contribution is 0.246. The molecule has 2 rings (SSSR count). The number of pyridine rings is 1. The van der Waals surface area contributed by atoms with Crippen LogP contribution in [0, 0.1) is 0 Å². The van der Waals surface area contributed by atoms with E-state index in [1.807, 2.05) is 0 Å². The van der Waals surface area contributed by atoms with Gasteiger partial charge >= 0.3 is 0 Å². The number of hydrogen-bond donors (Lipinski definition) is 2. The third-order valence-corrected chi connectivity index (χ3v) is 5.01. The molecule has 0 bridgehead atoms. The normalized spacial score (nSPS) is 18.1. The highest BCUT2D eigenvalue weighted by atomic mass is 79.9. The van der Waals surface area contributed by atoms with E-state index in [2.05, 4.69) is 25.6 Å². The van der Waals surface area contributed by atoms with Crippen LogP contribution in [-0.2, 0) is 10.0 Å². The average Bonchev–Trinajstić information content (AvgIpc) is 3.01. The molecule has 0 amide bonds. The zero-order valence-electron chi connectivity index (χ0n) is 8.65. The van der Waals surface area contributed by atoms with Crippen LogP contribution in [0.4, 0.5) is 0 Å². The van der Waals surface area contributed by atoms with Gasteiger partial charge in [0.25, 0.3) is 0 Å². The second-order valence-corrected chi connectivity index (χ2v) is 6.91. The molecule has 1 aromatic rings. The predicted molar refractivity (Wildman–Crippen MR) is 66.3 cm³/mol. The Hall–Kier alpha value is -0.210. The van der Waals surface area contributed by atoms with Gasteiger partial charge in [0.15, 0.2) is 0 Å². The standard InChI is InChI=1S/C9H10BrClN2O3S/c10-6-3-7(8(11)12-4-6)17(15,16)13-9(5-14)1-2-9/h3-4,13-14H,1-2,5H2. The van der Waals surface area contributed by atoms with E-state index >= 15 is 0 Å². The molecule has 2 N–H and O–H groups in total. The van der Waals surface area contributed by atoms with Crippen molar-refractivity contribution in [2.24, 2.45) is 0 Å². The number of hydrogen-bond acceptors (Lipinski definition) is 4. The van der Waals surface area contributed by atoms with Crippen LogP contribution in [-0.4, -0.2) is 30.7 Å². The first-order valence-electron chi connectivity index (χ1n) is 4.84. The van der Waals surface area contributed by atoms with Gasteiger partial charge in [-0.15, -0.1) is 0 Å². The molecule has 94 valence electrons. The van der Waals surface area contributed by atoms with Crippen molar-refractivity contribution in [3.63, 3.8) is 0 Å². The summed E-state index contributed by atoms with van der Waals surface area (Å²) in [6.07, 6.45) is 2.67. The first-order valence-corrected chi connectivity index (χ1v) is 7.50. The Balaban J connectivity index is 2.35. The monoisotopic (exact) mass is 340 g/mol. The van der Waals surface area contributed by atoms with Gasteiger partial charge in [-0.05, 0) is 34.8 Å². The fourth-order valence-corrected chi connectivity index (χ4v) is 3.77. The van der Waals surface area contributed by atoms with Crippen LogP contribution >= 0.6 is 27.5 Å². The summed E-state index contributed by atoms with van der Waals surface area (Å²) < 4.78 is 27.1. The Morgan fingerprint density at radius 1 is 1.59 bits per heavy atom. The lowest BCUT2D eigenvalue weighted by Gasteiger charge is -2.15. The van der Waals surface area contributed by atoms with Crippen LogP contribution < -0.4 is 4.72 Å². The number of aromatic nitrogens is 1. The first kappa shape index (κ1) is 13.2. The molecule has 0 unspecified atom stereocenters. The quantitative estimate of drug-likeness (QED) is 0.809. The summed E-state index contributed by atoms with van der Waals surface area (Å²) in [5.74, 6) is 0. The number of rotatable bonds is 4. The van der Waals surface area contributed by atoms with E-state index in [1.165, 1.54) is 12.3 Å². The minimum atomic E-state index is -3.76. The molecule has 5 nitrogen and oxygen atoms in total. The van der Waals surface area contributed by atoms with E-state index in [0.29, 0.717) is 17.3 Å². The highest BCUT2D eigenvalue weighted by Gasteiger charge is 2.46. The summed E-state index contributed by atoms with van der Waals surface area (Å²) in [5, 5.41) is 9.02. The Bertz CT molecular complexity index is 545. The number of aliphatic hydroxyl groups is 1. The topological polar surface area (TPSA) is 79.3 Å². The van der Waals surface area contributed by atoms with Gasteiger partial charge in [0, 0.05) is 10.7 Å². The molecule has 0 atom stereocenters. The predicted octanol–water partition coefficient (Wildman–Crippen LogP) is 1.30. The van der Waals surface area contributed by atoms with Crippen LogP contribution in [0.3, 0.4) is 0 Å². The van der Waals surface area contributed by atoms with Gasteiger partial charge in [-0.1, -0.05) is 11.6 Å². The van der Waals surface area contributed by atoms with Crippen LogP contribution in [0.1, 0.15) is 12.8 Å². The fourth-order valence-electron chi connectivity index (χ4n) is 1.38. The van der Waals surface area contributed by atoms with Gasteiger partial charge in [0.1, 0.15) is 10.0 Å². The zero-order valence-corrected chi connectivity index (χ0v) is 11.8. The third-order valence-electron chi connectivity index (χ3n) is 2.57. The Morgan fingerprint density at radius 2 is 2.24 bits per heavy atom. The molecule has 0 spiro atoms. The molecule has 1 heterocycles. The van der Waals surface area contributed by atoms with E-state index in [9.17, 15) is 8.42 Å². The molecular formula is C9H10BrClN2O3S. The molecule has 1 aromatic heterocycles. The van der Waals surface area contributed by atoms with E-state index in [4.69, 9.17) is 16.7 Å². The molecule has 1 aliphatic carbocycles. The molecule has 0 aromatic carbocycles. The molecule has 1 aliphatic rings. The summed E-state index contributed by atoms with van der Waals surface area (Å²) in [5.41, 5.74) is -0.718. The van der Waals surface area contributed by atoms with Gasteiger partial charge < -0.3 is 5.11 Å². The summed E-state index contributed by atoms with van der Waals surface area (Å²) in [4.78, 5) is 3.67. The van der Waals surface area contributed by atoms with Crippen LogP contribution in [0.5, 0.6) is 0 Å². The van der Waals surface area contributed by atoms with Crippen molar-refractivity contribution in [2.75, 3.05) is 6.61 Å². The highest BCUT2D eigenvalue weighted by molar-refractivity contribution is 9.10. The maximum atomic E-state index is 12.1. The number of aliphatic hydroxyl groups excluding tert-OH is 1. The lowest BCUT2D eigenvalue weighted by atomic mass is 10.3. The van der Waals surface area contributed by atoms with Crippen molar-refractivity contribution < 1.29 is 13.5 Å². The second kappa shape index (κ2) is 4.47. The summed E-state index contributed by atoms with van der Waals surface area (Å²) >= 11 is 8.90. The van der Waals surface area contributed by atoms with Crippen LogP contribution in [0.25, 0.3) is 0 Å². The van der Waals surface area contributed by atoms with E-state index in [0.717, 1.165) is 0 Å². The van der Waals surface area contributed by atoms with Crippen molar-refractivity contribution in [3.8, 4) is 0 Å². The summed E-state index contributed by atoms with van der Waals surface area (Å²) in [6.45, 7) is -0.217. The Labute approximate surface area is 112 Å². The second-order valence-electron chi connectivity index (χ2n) is 3.99. The Morgan fingerprint density at radius 3 is 2.76 bits per heavy atom. The largest absolute Gasteiger partial charge is 0.394 e. The maximum absolute atomic E-state index is 12.1. The lowest BCUT2D eigenvalue weighted by Crippen LogP contribution is -2.39. The van der Waals surface area contributed by atoms with Gasteiger partial charge in [0.05, 0.1) is 12.1 Å². The van der Waals surface area contributed by atoms with E-state index < -0.39 is 15.6 Å². The first-order chi connectivity index (χ1) is 7.88. The van der Waals surface area contributed by atoms with Crippen molar-refractivity contribution >= 4 is 37.6 Å². The molecule has 1 fully saturated rings. The summed E-state index contributed by atoms with van der Waals surface area (Å²) in [7, 11) is -3.76. The molecular weight excluding hydrogens is 332 g/mol. The molecule has 17 heavy (non-hydrogen) atoms. The minimum Gasteiger partial charge on any atom is -0.394 e. The molecule has 0 radical (unpaired) electrons. The highest BCUT2D eigenvalue weighted by Crippen LogP contribution is 2.37. The maximum Gasteiger partial charge on any atom is 0.244 e. The third kappa shape index (κ3) is 2.79. The minimum absolute atomic E-state index is 0.0885. The molecule has 1 saturated carbocycles. The van der Waals surface area contributed by atoms with Crippen molar-refractivity contribution in [2.45, 2.75) is 23.3 Å². The SMILES string of the molecule is O=S(=O)(NC1(CO)CC1)c1cc(Br)cnc1Cl. The molecule has 0 aliphatic heterocycles. The fraction of sp³-hybridized carbons (Fsp3) is 0.444. The molecule has 0 saturated heterocycles. The zero-order chi connectivity index (χ0) is 12.7. The van der Waals surface area contributed by atoms with Gasteiger partial charge in [-0.3, -0.25) is 0 Å². The van der Waals surface area contributed by atoms with Crippen molar-refractivity contribution in [1.82, 2.24) is 9.71 Å². The van der Waals surface area contributed by atoms with E-state index in [1.54, 1.807) is 0 Å². The molecule has 8 heteroatoms. The van der Waals surface area contributed by atoms with Gasteiger partial charge in [-0.2, -0.15) is 0 Å². The van der Waals surface area contributed by atoms with Gasteiger partial charge in [0.2, 0.25) is 10.0 Å². The number of halogens is 2. The smallest absolute Gasteiger partial charge is 0.244 e. The number of sulfonamides is 1. The van der Waals surface area contributed by atoms with Crippen molar-refractivity contribution in [1.29, 1.82) is 0 Å². The Kier molecular flexibility index (Phi) is 3.48. The number of nitrogens with one attached hydrogen (secondary N) is 1. The van der Waals surface area contributed by atoms with Gasteiger partial charge in [-0.25, -0.2) is 18.1 Å². The van der Waals surface area contributed by atoms with Crippen LogP contribution in [0.2, 0.25) is 5.15 Å². The summed E-state index contributed by atoms with van der Waals surface area (Å²) in [6, 6.07) is 1.38. The van der Waals surface area contributed by atoms with Crippen LogP contribution in [0.15, 0.2) is 21.6 Å².